The van der Waals surface area contributed by atoms with Crippen molar-refractivity contribution in [1.29, 1.82) is 0 Å². The molecule has 5 heterocycles. The van der Waals surface area contributed by atoms with Gasteiger partial charge in [0.25, 0.3) is 5.91 Å². The van der Waals surface area contributed by atoms with Crippen molar-refractivity contribution in [1.82, 2.24) is 25.7 Å². The first kappa shape index (κ1) is 19.6. The number of pyridine rings is 1. The average Bonchev–Trinajstić information content (AvgIpc) is 3.49. The highest BCUT2D eigenvalue weighted by Gasteiger charge is 2.41. The lowest BCUT2D eigenvalue weighted by molar-refractivity contribution is 0.0836. The van der Waals surface area contributed by atoms with Gasteiger partial charge in [-0.2, -0.15) is 0 Å². The molecule has 9 heteroatoms. The molecule has 31 heavy (non-hydrogen) atoms. The van der Waals surface area contributed by atoms with Gasteiger partial charge in [-0.3, -0.25) is 9.78 Å². The fourth-order valence-corrected chi connectivity index (χ4v) is 4.09. The Balaban J connectivity index is 1.22. The molecule has 9 nitrogen and oxygen atoms in total. The van der Waals surface area contributed by atoms with Crippen LogP contribution in [-0.2, 0) is 11.3 Å². The highest BCUT2D eigenvalue weighted by atomic mass is 16.5. The topological polar surface area (TPSA) is 112 Å². The predicted molar refractivity (Wildman–Crippen MR) is 109 cm³/mol. The van der Waals surface area contributed by atoms with Crippen molar-refractivity contribution < 1.29 is 18.8 Å². The summed E-state index contributed by atoms with van der Waals surface area (Å²) >= 11 is 0. The molecular formula is C22H23N5O4. The second kappa shape index (κ2) is 8.07. The quantitative estimate of drug-likeness (QED) is 0.647. The zero-order chi connectivity index (χ0) is 21.4. The number of nitrogens with zero attached hydrogens (tertiary/aromatic N) is 4. The monoisotopic (exact) mass is 421 g/mol. The fourth-order valence-electron chi connectivity index (χ4n) is 4.09. The van der Waals surface area contributed by atoms with E-state index in [4.69, 9.17) is 14.0 Å². The molecule has 0 radical (unpaired) electrons. The third kappa shape index (κ3) is 4.00. The Morgan fingerprint density at radius 1 is 1.19 bits per heavy atom. The highest BCUT2D eigenvalue weighted by molar-refractivity contribution is 5.92. The second-order valence-electron chi connectivity index (χ2n) is 7.99. The van der Waals surface area contributed by atoms with Crippen LogP contribution in [0.2, 0.25) is 0 Å². The number of hydrogen-bond acceptors (Lipinski definition) is 8. The molecule has 0 spiro atoms. The molecular weight excluding hydrogens is 398 g/mol. The molecule has 2 aliphatic heterocycles. The Bertz CT molecular complexity index is 1080. The highest BCUT2D eigenvalue weighted by Crippen LogP contribution is 2.34. The van der Waals surface area contributed by atoms with E-state index >= 15 is 0 Å². The number of rotatable bonds is 6. The molecule has 1 N–H and O–H groups in total. The average molecular weight is 421 g/mol. The van der Waals surface area contributed by atoms with Crippen LogP contribution in [0.3, 0.4) is 0 Å². The van der Waals surface area contributed by atoms with Gasteiger partial charge in [0.15, 0.2) is 5.69 Å². The number of fused-ring (bicyclic) bond motifs is 2. The molecule has 2 aliphatic rings. The van der Waals surface area contributed by atoms with E-state index in [9.17, 15) is 4.79 Å². The third-order valence-electron chi connectivity index (χ3n) is 5.83. The van der Waals surface area contributed by atoms with Crippen LogP contribution >= 0.6 is 0 Å². The van der Waals surface area contributed by atoms with E-state index in [2.05, 4.69) is 25.7 Å². The Morgan fingerprint density at radius 2 is 2.10 bits per heavy atom. The van der Waals surface area contributed by atoms with E-state index in [-0.39, 0.29) is 36.5 Å². The Labute approximate surface area is 179 Å². The maximum Gasteiger partial charge on any atom is 0.272 e. The standard InChI is InChI=1S/C22H23N5O4/c1-12-3-4-14(10-23-12)21-16(13(2)31-27-21)11-29-20-8-6-17(25-26-20)22(28)24-18-9-15-5-7-19(18)30-15/h3-4,6,8,10,15,18-19H,5,7,9,11H2,1-2H3,(H,24,28)/t15-,18+,19-/m1/s1. The minimum absolute atomic E-state index is 0.0511. The summed E-state index contributed by atoms with van der Waals surface area (Å²) in [6.07, 6.45) is 5.09. The number of carbonyl (C=O) groups is 1. The molecule has 2 fully saturated rings. The van der Waals surface area contributed by atoms with Crippen LogP contribution in [0, 0.1) is 13.8 Å². The van der Waals surface area contributed by atoms with Crippen LogP contribution < -0.4 is 10.1 Å². The van der Waals surface area contributed by atoms with Crippen molar-refractivity contribution in [3.8, 4) is 17.1 Å². The fraction of sp³-hybridized carbons (Fsp3) is 0.409. The van der Waals surface area contributed by atoms with Crippen LogP contribution in [0.1, 0.15) is 46.8 Å². The Morgan fingerprint density at radius 3 is 2.77 bits per heavy atom. The van der Waals surface area contributed by atoms with Gasteiger partial charge in [0.2, 0.25) is 5.88 Å². The van der Waals surface area contributed by atoms with Crippen molar-refractivity contribution in [2.45, 2.75) is 58.0 Å². The molecule has 5 rings (SSSR count). The first-order valence-corrected chi connectivity index (χ1v) is 10.4. The molecule has 0 saturated carbocycles. The molecule has 3 atom stereocenters. The summed E-state index contributed by atoms with van der Waals surface area (Å²) in [6.45, 7) is 3.96. The Hall–Kier alpha value is -3.33. The summed E-state index contributed by atoms with van der Waals surface area (Å²) in [5.41, 5.74) is 3.52. The molecule has 2 bridgehead atoms. The summed E-state index contributed by atoms with van der Waals surface area (Å²) in [7, 11) is 0. The molecule has 3 aromatic heterocycles. The largest absolute Gasteiger partial charge is 0.472 e. The number of nitrogens with one attached hydrogen (secondary N) is 1. The zero-order valence-electron chi connectivity index (χ0n) is 17.4. The van der Waals surface area contributed by atoms with Crippen LogP contribution in [0.25, 0.3) is 11.3 Å². The summed E-state index contributed by atoms with van der Waals surface area (Å²) in [6, 6.07) is 7.15. The van der Waals surface area contributed by atoms with Crippen LogP contribution in [0.4, 0.5) is 0 Å². The SMILES string of the molecule is Cc1ccc(-c2noc(C)c2COc2ccc(C(=O)N[C@H]3C[C@H]4CC[C@H]3O4)nn2)cn1. The zero-order valence-corrected chi connectivity index (χ0v) is 17.4. The minimum Gasteiger partial charge on any atom is -0.472 e. The molecule has 0 aliphatic carbocycles. The van der Waals surface area contributed by atoms with Crippen molar-refractivity contribution in [3.05, 3.63) is 53.2 Å². The maximum absolute atomic E-state index is 12.5. The van der Waals surface area contributed by atoms with Crippen molar-refractivity contribution in [2.24, 2.45) is 0 Å². The van der Waals surface area contributed by atoms with E-state index in [0.29, 0.717) is 17.3 Å². The lowest BCUT2D eigenvalue weighted by Crippen LogP contribution is -2.41. The van der Waals surface area contributed by atoms with Gasteiger partial charge >= 0.3 is 0 Å². The number of amides is 1. The molecule has 2 saturated heterocycles. The van der Waals surface area contributed by atoms with Gasteiger partial charge in [0.05, 0.1) is 23.8 Å². The maximum atomic E-state index is 12.5. The van der Waals surface area contributed by atoms with Gasteiger partial charge in [0.1, 0.15) is 18.1 Å². The first-order valence-electron chi connectivity index (χ1n) is 10.4. The van der Waals surface area contributed by atoms with Crippen LogP contribution in [0.15, 0.2) is 35.0 Å². The van der Waals surface area contributed by atoms with Gasteiger partial charge in [0, 0.05) is 23.5 Å². The van der Waals surface area contributed by atoms with Crippen molar-refractivity contribution >= 4 is 5.91 Å². The first-order chi connectivity index (χ1) is 15.1. The molecule has 0 aromatic carbocycles. The van der Waals surface area contributed by atoms with Gasteiger partial charge in [-0.1, -0.05) is 5.16 Å². The van der Waals surface area contributed by atoms with Gasteiger partial charge in [-0.05, 0) is 51.3 Å². The van der Waals surface area contributed by atoms with Crippen molar-refractivity contribution in [2.75, 3.05) is 0 Å². The van der Waals surface area contributed by atoms with Crippen LogP contribution in [0.5, 0.6) is 5.88 Å². The number of ether oxygens (including phenoxy) is 2. The third-order valence-corrected chi connectivity index (χ3v) is 5.83. The summed E-state index contributed by atoms with van der Waals surface area (Å²) in [5, 5.41) is 15.2. The van der Waals surface area contributed by atoms with Gasteiger partial charge in [-0.25, -0.2) is 0 Å². The van der Waals surface area contributed by atoms with E-state index in [0.717, 1.165) is 36.1 Å². The molecule has 3 aromatic rings. The van der Waals surface area contributed by atoms with Gasteiger partial charge < -0.3 is 19.3 Å². The molecule has 1 amide bonds. The predicted octanol–water partition coefficient (Wildman–Crippen LogP) is 2.77. The van der Waals surface area contributed by atoms with Crippen LogP contribution in [-0.4, -0.2) is 44.5 Å². The van der Waals surface area contributed by atoms with E-state index in [1.54, 1.807) is 18.3 Å². The number of aromatic nitrogens is 4. The summed E-state index contributed by atoms with van der Waals surface area (Å²) in [5.74, 6) is 0.727. The number of hydrogen-bond donors (Lipinski definition) is 1. The number of aryl methyl sites for hydroxylation is 2. The normalized spacial score (nSPS) is 21.9. The van der Waals surface area contributed by atoms with Crippen molar-refractivity contribution in [3.63, 3.8) is 0 Å². The summed E-state index contributed by atoms with van der Waals surface area (Å²) in [4.78, 5) is 16.8. The smallest absolute Gasteiger partial charge is 0.272 e. The lowest BCUT2D eigenvalue weighted by Gasteiger charge is -2.19. The molecule has 160 valence electrons. The summed E-state index contributed by atoms with van der Waals surface area (Å²) < 4.78 is 16.9. The molecule has 0 unspecified atom stereocenters. The van der Waals surface area contributed by atoms with Gasteiger partial charge in [-0.15, -0.1) is 10.2 Å². The van der Waals surface area contributed by atoms with E-state index < -0.39 is 0 Å². The van der Waals surface area contributed by atoms with E-state index in [1.165, 1.54) is 0 Å². The second-order valence-corrected chi connectivity index (χ2v) is 7.99. The Kier molecular flexibility index (Phi) is 5.11. The van der Waals surface area contributed by atoms with E-state index in [1.807, 2.05) is 26.0 Å². The number of carbonyl (C=O) groups excluding carboxylic acids is 1. The lowest BCUT2D eigenvalue weighted by atomic mass is 9.95. The minimum atomic E-state index is -0.246.